The lowest BCUT2D eigenvalue weighted by atomic mass is 9.97. The van der Waals surface area contributed by atoms with Gasteiger partial charge in [0.1, 0.15) is 7.05 Å². The van der Waals surface area contributed by atoms with Crippen LogP contribution in [0.5, 0.6) is 0 Å². The quantitative estimate of drug-likeness (QED) is 0.240. The van der Waals surface area contributed by atoms with Crippen LogP contribution in [0.1, 0.15) is 17.3 Å². The molecule has 5 N–H and O–H groups in total. The first kappa shape index (κ1) is 20.6. The van der Waals surface area contributed by atoms with Crippen LogP contribution in [-0.2, 0) is 7.05 Å². The number of fused-ring (bicyclic) bond motifs is 3. The van der Waals surface area contributed by atoms with E-state index in [9.17, 15) is 4.79 Å². The lowest BCUT2D eigenvalue weighted by Gasteiger charge is -2.11. The van der Waals surface area contributed by atoms with Crippen molar-refractivity contribution in [2.45, 2.75) is 6.92 Å². The van der Waals surface area contributed by atoms with Crippen molar-refractivity contribution in [3.8, 4) is 11.3 Å². The van der Waals surface area contributed by atoms with Gasteiger partial charge in [-0.3, -0.25) is 4.79 Å². The summed E-state index contributed by atoms with van der Waals surface area (Å²) in [6.07, 6.45) is 0. The molecule has 1 aromatic heterocycles. The summed E-state index contributed by atoms with van der Waals surface area (Å²) in [5.41, 5.74) is 17.2. The zero-order valence-electron chi connectivity index (χ0n) is 16.4. The predicted molar refractivity (Wildman–Crippen MR) is 115 cm³/mol. The summed E-state index contributed by atoms with van der Waals surface area (Å²) in [7, 11) is 2.01. The molecule has 0 fully saturated rings. The minimum Gasteiger partial charge on any atom is -1.00 e. The van der Waals surface area contributed by atoms with Crippen LogP contribution >= 0.6 is 0 Å². The molecule has 0 saturated carbocycles. The number of anilines is 2. The fourth-order valence-corrected chi connectivity index (χ4v) is 3.77. The predicted octanol–water partition coefficient (Wildman–Crippen LogP) is 0.403. The van der Waals surface area contributed by atoms with Gasteiger partial charge in [0.15, 0.2) is 0 Å². The number of carbonyl (C=O) groups is 1. The molecular formula is C23H23BrN4O. The van der Waals surface area contributed by atoms with Gasteiger partial charge in [-0.05, 0) is 49.4 Å². The molecule has 0 saturated heterocycles. The molecule has 0 unspecified atom stereocenters. The molecule has 0 aliphatic rings. The highest BCUT2D eigenvalue weighted by atomic mass is 79.9. The van der Waals surface area contributed by atoms with E-state index in [1.807, 2.05) is 74.6 Å². The van der Waals surface area contributed by atoms with Crippen LogP contribution in [0.4, 0.5) is 11.4 Å². The van der Waals surface area contributed by atoms with Gasteiger partial charge in [0, 0.05) is 40.5 Å². The van der Waals surface area contributed by atoms with E-state index in [4.69, 9.17) is 11.5 Å². The normalized spacial score (nSPS) is 10.7. The molecule has 0 aliphatic carbocycles. The Balaban J connectivity index is 0.00000240. The minimum atomic E-state index is -0.0825. The van der Waals surface area contributed by atoms with Gasteiger partial charge in [0.05, 0.1) is 10.8 Å². The third-order valence-electron chi connectivity index (χ3n) is 5.04. The molecule has 4 aromatic rings. The maximum atomic E-state index is 12.3. The molecule has 6 heteroatoms. The molecule has 1 amide bonds. The number of nitrogen functional groups attached to an aromatic ring is 2. The van der Waals surface area contributed by atoms with E-state index in [1.165, 1.54) is 0 Å². The summed E-state index contributed by atoms with van der Waals surface area (Å²) < 4.78 is 2.12. The molecule has 29 heavy (non-hydrogen) atoms. The number of aryl methyl sites for hydroxylation is 1. The number of aromatic nitrogens is 1. The number of nitrogens with zero attached hydrogens (tertiary/aromatic N) is 1. The van der Waals surface area contributed by atoms with E-state index in [1.54, 1.807) is 0 Å². The zero-order chi connectivity index (χ0) is 19.8. The number of nitrogens with one attached hydrogen (secondary N) is 1. The van der Waals surface area contributed by atoms with Crippen LogP contribution in [0.3, 0.4) is 0 Å². The molecule has 3 aromatic carbocycles. The van der Waals surface area contributed by atoms with Crippen LogP contribution in [-0.4, -0.2) is 12.5 Å². The van der Waals surface area contributed by atoms with Crippen molar-refractivity contribution >= 4 is 39.0 Å². The van der Waals surface area contributed by atoms with E-state index < -0.39 is 0 Å². The molecule has 0 atom stereocenters. The number of hydrogen-bond acceptors (Lipinski definition) is 3. The highest BCUT2D eigenvalue weighted by Crippen LogP contribution is 2.33. The molecule has 5 nitrogen and oxygen atoms in total. The first-order valence-electron chi connectivity index (χ1n) is 9.28. The number of carbonyl (C=O) groups excluding carboxylic acids is 1. The van der Waals surface area contributed by atoms with E-state index in [0.717, 1.165) is 32.9 Å². The van der Waals surface area contributed by atoms with E-state index in [-0.39, 0.29) is 22.9 Å². The molecule has 4 rings (SSSR count). The molecular weight excluding hydrogens is 428 g/mol. The maximum absolute atomic E-state index is 12.3. The van der Waals surface area contributed by atoms with Gasteiger partial charge in [0.2, 0.25) is 11.2 Å². The summed E-state index contributed by atoms with van der Waals surface area (Å²) in [5.74, 6) is -0.0825. The fourth-order valence-electron chi connectivity index (χ4n) is 3.77. The standard InChI is InChI=1S/C23H22N4O.BrH/c1-3-26-23(28)15-6-4-5-14(11-15)22-20-12-16(24)7-9-18(20)19-10-8-17(25)13-21(19)27(22)2;/h4-13,25H,3,24H2,1-2H3,(H,26,28);1H. The number of rotatable bonds is 3. The maximum Gasteiger partial charge on any atom is 0.251 e. The zero-order valence-corrected chi connectivity index (χ0v) is 18.0. The Morgan fingerprint density at radius 1 is 0.931 bits per heavy atom. The lowest BCUT2D eigenvalue weighted by Crippen LogP contribution is -3.00. The minimum absolute atomic E-state index is 0. The van der Waals surface area contributed by atoms with Crippen LogP contribution in [0, 0.1) is 0 Å². The Morgan fingerprint density at radius 2 is 1.62 bits per heavy atom. The highest BCUT2D eigenvalue weighted by Gasteiger charge is 2.21. The van der Waals surface area contributed by atoms with E-state index in [0.29, 0.717) is 23.5 Å². The third kappa shape index (κ3) is 3.63. The SMILES string of the molecule is CCNC(=O)c1cccc(-c2c3cc(N)ccc3c3ccc(N)cc3[n+]2C)c1.[Br-]. The van der Waals surface area contributed by atoms with Crippen LogP contribution in [0.15, 0.2) is 60.7 Å². The first-order chi connectivity index (χ1) is 13.5. The van der Waals surface area contributed by atoms with Gasteiger partial charge in [-0.15, -0.1) is 0 Å². The van der Waals surface area contributed by atoms with Gasteiger partial charge in [0.25, 0.3) is 5.91 Å². The smallest absolute Gasteiger partial charge is 0.251 e. The summed E-state index contributed by atoms with van der Waals surface area (Å²) >= 11 is 0. The molecule has 0 bridgehead atoms. The van der Waals surface area contributed by atoms with Crippen LogP contribution < -0.4 is 38.3 Å². The van der Waals surface area contributed by atoms with Crippen molar-refractivity contribution in [2.75, 3.05) is 18.0 Å². The molecule has 0 radical (unpaired) electrons. The Bertz CT molecular complexity index is 1240. The Hall–Kier alpha value is -3.12. The third-order valence-corrected chi connectivity index (χ3v) is 5.04. The number of nitrogens with two attached hydrogens (primary N) is 2. The fraction of sp³-hybridized carbons (Fsp3) is 0.130. The van der Waals surface area contributed by atoms with Crippen molar-refractivity contribution in [1.29, 1.82) is 0 Å². The average molecular weight is 451 g/mol. The van der Waals surface area contributed by atoms with Gasteiger partial charge in [-0.25, -0.2) is 0 Å². The Kier molecular flexibility index (Phi) is 5.75. The van der Waals surface area contributed by atoms with Crippen LogP contribution in [0.25, 0.3) is 32.9 Å². The van der Waals surface area contributed by atoms with Crippen LogP contribution in [0.2, 0.25) is 0 Å². The van der Waals surface area contributed by atoms with E-state index in [2.05, 4.69) is 9.88 Å². The highest BCUT2D eigenvalue weighted by molar-refractivity contribution is 6.10. The second-order valence-corrected chi connectivity index (χ2v) is 6.93. The van der Waals surface area contributed by atoms with Gasteiger partial charge in [-0.1, -0.05) is 12.1 Å². The molecule has 0 spiro atoms. The topological polar surface area (TPSA) is 85.0 Å². The number of pyridine rings is 1. The molecule has 148 valence electrons. The van der Waals surface area contributed by atoms with Gasteiger partial charge in [-0.2, -0.15) is 4.57 Å². The number of halogens is 1. The summed E-state index contributed by atoms with van der Waals surface area (Å²) in [6.45, 7) is 2.50. The average Bonchev–Trinajstić information content (AvgIpc) is 2.68. The first-order valence-corrected chi connectivity index (χ1v) is 9.28. The van der Waals surface area contributed by atoms with Gasteiger partial charge < -0.3 is 33.8 Å². The Morgan fingerprint density at radius 3 is 2.34 bits per heavy atom. The molecule has 1 heterocycles. The van der Waals surface area contributed by atoms with Crippen molar-refractivity contribution < 1.29 is 26.3 Å². The van der Waals surface area contributed by atoms with Crippen molar-refractivity contribution in [1.82, 2.24) is 5.32 Å². The number of benzene rings is 3. The molecule has 0 aliphatic heterocycles. The Labute approximate surface area is 180 Å². The largest absolute Gasteiger partial charge is 1.00 e. The summed E-state index contributed by atoms with van der Waals surface area (Å²) in [6, 6.07) is 19.5. The number of hydrogen-bond donors (Lipinski definition) is 3. The van der Waals surface area contributed by atoms with Gasteiger partial charge >= 0.3 is 0 Å². The lowest BCUT2D eigenvalue weighted by molar-refractivity contribution is -0.632. The summed E-state index contributed by atoms with van der Waals surface area (Å²) in [4.78, 5) is 12.3. The van der Waals surface area contributed by atoms with Crippen molar-refractivity contribution in [3.05, 3.63) is 66.2 Å². The monoisotopic (exact) mass is 450 g/mol. The van der Waals surface area contributed by atoms with Crippen molar-refractivity contribution in [2.24, 2.45) is 7.05 Å². The second-order valence-electron chi connectivity index (χ2n) is 6.93. The van der Waals surface area contributed by atoms with E-state index >= 15 is 0 Å². The number of amides is 1. The second kappa shape index (κ2) is 8.09. The van der Waals surface area contributed by atoms with Crippen molar-refractivity contribution in [3.63, 3.8) is 0 Å². The summed E-state index contributed by atoms with van der Waals surface area (Å²) in [5, 5.41) is 6.10.